The van der Waals surface area contributed by atoms with Gasteiger partial charge in [-0.1, -0.05) is 128 Å². The molecule has 240 valence electrons. The van der Waals surface area contributed by atoms with Crippen LogP contribution in [0.4, 0.5) is 28.4 Å². The Labute approximate surface area is 296 Å². The number of aromatic nitrogens is 1. The van der Waals surface area contributed by atoms with Crippen molar-refractivity contribution in [2.45, 2.75) is 6.54 Å². The Morgan fingerprint density at radius 1 is 0.647 bits per heavy atom. The van der Waals surface area contributed by atoms with Gasteiger partial charge in [-0.25, -0.2) is 4.99 Å². The van der Waals surface area contributed by atoms with Crippen LogP contribution in [0.15, 0.2) is 170 Å². The predicted molar refractivity (Wildman–Crippen MR) is 215 cm³/mol. The van der Waals surface area contributed by atoms with E-state index in [-0.39, 0.29) is 0 Å². The quantitative estimate of drug-likeness (QED) is 0.179. The van der Waals surface area contributed by atoms with Crippen LogP contribution in [0, 0.1) is 0 Å². The molecule has 10 rings (SSSR count). The van der Waals surface area contributed by atoms with E-state index in [9.17, 15) is 0 Å². The molecule has 2 aliphatic heterocycles. The van der Waals surface area contributed by atoms with Crippen molar-refractivity contribution in [3.8, 4) is 0 Å². The van der Waals surface area contributed by atoms with Crippen LogP contribution in [-0.4, -0.2) is 10.8 Å². The minimum atomic E-state index is 0.757. The molecule has 4 nitrogen and oxygen atoms in total. The molecule has 1 aromatic heterocycles. The minimum absolute atomic E-state index is 0.757. The lowest BCUT2D eigenvalue weighted by molar-refractivity contribution is 1.05. The number of anilines is 4. The third-order valence-electron chi connectivity index (χ3n) is 10.4. The van der Waals surface area contributed by atoms with Crippen molar-refractivity contribution in [1.82, 2.24) is 4.98 Å². The first kappa shape index (κ1) is 29.2. The Hall–Kier alpha value is -6.78. The SMILES string of the molecule is C=Cc1c(C(=C)c2ccc3cccc4c3c2N2Cc3ccccc3C2=N4)cncc1N(c1ccc2ccccc2c1)c1ccc2ccccc2c1. The van der Waals surface area contributed by atoms with Gasteiger partial charge >= 0.3 is 0 Å². The molecule has 2 aliphatic rings. The maximum atomic E-state index is 5.20. The Morgan fingerprint density at radius 3 is 2.02 bits per heavy atom. The van der Waals surface area contributed by atoms with Crippen molar-refractivity contribution in [2.24, 2.45) is 4.99 Å². The third-order valence-corrected chi connectivity index (χ3v) is 10.4. The summed E-state index contributed by atoms with van der Waals surface area (Å²) in [5.74, 6) is 0.987. The van der Waals surface area contributed by atoms with E-state index in [1.54, 1.807) is 0 Å². The summed E-state index contributed by atoms with van der Waals surface area (Å²) in [7, 11) is 0. The molecule has 0 N–H and O–H groups in total. The van der Waals surface area contributed by atoms with Crippen LogP contribution >= 0.6 is 0 Å². The van der Waals surface area contributed by atoms with Gasteiger partial charge in [-0.05, 0) is 68.4 Å². The standard InChI is InChI=1S/C47H32N4/c1-3-39-42(30(2)40-24-21-33-16-10-18-43-45(33)46(40)50-29-36-15-8-9-17-41(36)47(50)49-43)27-48-28-44(39)51(37-22-19-31-11-4-6-13-34(31)25-37)38-23-20-32-12-5-7-14-35(32)26-38/h3-28H,1-2,29H2. The van der Waals surface area contributed by atoms with Crippen molar-refractivity contribution in [1.29, 1.82) is 0 Å². The first-order chi connectivity index (χ1) is 25.2. The highest BCUT2D eigenvalue weighted by molar-refractivity contribution is 6.24. The summed E-state index contributed by atoms with van der Waals surface area (Å²) in [6.45, 7) is 9.92. The van der Waals surface area contributed by atoms with Crippen LogP contribution in [0.25, 0.3) is 44.0 Å². The molecule has 3 heterocycles. The number of amidine groups is 1. The number of hydrogen-bond donors (Lipinski definition) is 0. The fourth-order valence-corrected chi connectivity index (χ4v) is 7.94. The van der Waals surface area contributed by atoms with Gasteiger partial charge in [-0.2, -0.15) is 0 Å². The average Bonchev–Trinajstić information content (AvgIpc) is 3.56. The number of aliphatic imine (C=N–C) groups is 1. The summed E-state index contributed by atoms with van der Waals surface area (Å²) in [6.07, 6.45) is 5.83. The molecule has 0 saturated heterocycles. The van der Waals surface area contributed by atoms with Crippen LogP contribution in [-0.2, 0) is 6.54 Å². The van der Waals surface area contributed by atoms with Crippen LogP contribution < -0.4 is 9.80 Å². The van der Waals surface area contributed by atoms with Crippen molar-refractivity contribution < 1.29 is 0 Å². The van der Waals surface area contributed by atoms with E-state index >= 15 is 0 Å². The number of nitrogens with zero attached hydrogens (tertiary/aromatic N) is 4. The first-order valence-electron chi connectivity index (χ1n) is 17.2. The Morgan fingerprint density at radius 2 is 1.29 bits per heavy atom. The monoisotopic (exact) mass is 652 g/mol. The van der Waals surface area contributed by atoms with Gasteiger partial charge in [0.25, 0.3) is 0 Å². The van der Waals surface area contributed by atoms with Gasteiger partial charge in [-0.15, -0.1) is 0 Å². The number of pyridine rings is 1. The molecule has 0 atom stereocenters. The average molecular weight is 653 g/mol. The van der Waals surface area contributed by atoms with Crippen molar-refractivity contribution in [3.63, 3.8) is 0 Å². The maximum absolute atomic E-state index is 5.20. The third kappa shape index (κ3) is 4.54. The van der Waals surface area contributed by atoms with Crippen LogP contribution in [0.1, 0.15) is 27.8 Å². The molecule has 0 radical (unpaired) electrons. The Kier molecular flexibility index (Phi) is 6.52. The zero-order chi connectivity index (χ0) is 34.1. The lowest BCUT2D eigenvalue weighted by atomic mass is 9.90. The fourth-order valence-electron chi connectivity index (χ4n) is 7.94. The van der Waals surface area contributed by atoms with Crippen molar-refractivity contribution in [3.05, 3.63) is 193 Å². The summed E-state index contributed by atoms with van der Waals surface area (Å²) in [5, 5.41) is 7.04. The fraction of sp³-hybridized carbons (Fsp3) is 0.0213. The predicted octanol–water partition coefficient (Wildman–Crippen LogP) is 12.1. The summed E-state index contributed by atoms with van der Waals surface area (Å²) >= 11 is 0. The number of hydrogen-bond acceptors (Lipinski definition) is 4. The number of rotatable bonds is 6. The molecule has 0 unspecified atom stereocenters. The van der Waals surface area contributed by atoms with E-state index in [1.807, 2.05) is 18.5 Å². The molecule has 0 bridgehead atoms. The van der Waals surface area contributed by atoms with Gasteiger partial charge < -0.3 is 9.80 Å². The van der Waals surface area contributed by atoms with Crippen molar-refractivity contribution >= 4 is 78.2 Å². The van der Waals surface area contributed by atoms with E-state index in [0.717, 1.165) is 73.9 Å². The molecular weight excluding hydrogens is 621 g/mol. The van der Waals surface area contributed by atoms with Gasteiger partial charge in [0.05, 0.1) is 29.8 Å². The van der Waals surface area contributed by atoms with E-state index in [1.165, 1.54) is 32.7 Å². The minimum Gasteiger partial charge on any atom is -0.320 e. The molecule has 7 aromatic carbocycles. The number of fused-ring (bicyclic) bond motifs is 6. The Balaban J connectivity index is 1.17. The van der Waals surface area contributed by atoms with Crippen LogP contribution in [0.2, 0.25) is 0 Å². The van der Waals surface area contributed by atoms with Gasteiger partial charge in [-0.3, -0.25) is 4.98 Å². The highest BCUT2D eigenvalue weighted by Gasteiger charge is 2.33. The van der Waals surface area contributed by atoms with Gasteiger partial charge in [0.2, 0.25) is 0 Å². The number of benzene rings is 7. The summed E-state index contributed by atoms with van der Waals surface area (Å²) < 4.78 is 0. The van der Waals surface area contributed by atoms with Crippen molar-refractivity contribution in [2.75, 3.05) is 9.80 Å². The van der Waals surface area contributed by atoms with Gasteiger partial charge in [0.1, 0.15) is 5.84 Å². The molecule has 0 saturated carbocycles. The first-order valence-corrected chi connectivity index (χ1v) is 17.2. The lowest BCUT2D eigenvalue weighted by Crippen LogP contribution is -2.27. The topological polar surface area (TPSA) is 31.7 Å². The normalized spacial score (nSPS) is 12.9. The zero-order valence-corrected chi connectivity index (χ0v) is 27.9. The van der Waals surface area contributed by atoms with E-state index in [4.69, 9.17) is 16.6 Å². The second-order valence-corrected chi connectivity index (χ2v) is 13.2. The van der Waals surface area contributed by atoms with E-state index < -0.39 is 0 Å². The summed E-state index contributed by atoms with van der Waals surface area (Å²) in [6, 6.07) is 49.6. The lowest BCUT2D eigenvalue weighted by Gasteiger charge is -2.30. The highest BCUT2D eigenvalue weighted by Crippen LogP contribution is 2.49. The largest absolute Gasteiger partial charge is 0.320 e. The highest BCUT2D eigenvalue weighted by atomic mass is 15.2. The summed E-state index contributed by atoms with van der Waals surface area (Å²) in [4.78, 5) is 14.8. The van der Waals surface area contributed by atoms with Gasteiger partial charge in [0, 0.05) is 45.2 Å². The molecule has 4 heteroatoms. The van der Waals surface area contributed by atoms with Crippen LogP contribution in [0.5, 0.6) is 0 Å². The second-order valence-electron chi connectivity index (χ2n) is 13.2. The molecule has 8 aromatic rings. The molecule has 0 aliphatic carbocycles. The van der Waals surface area contributed by atoms with E-state index in [0.29, 0.717) is 0 Å². The smallest absolute Gasteiger partial charge is 0.141 e. The maximum Gasteiger partial charge on any atom is 0.141 e. The molecule has 0 spiro atoms. The molecule has 0 amide bonds. The second kappa shape index (κ2) is 11.4. The zero-order valence-electron chi connectivity index (χ0n) is 27.9. The molecular formula is C47H32N4. The Bertz CT molecular complexity index is 2710. The molecule has 0 fully saturated rings. The van der Waals surface area contributed by atoms with Crippen LogP contribution in [0.3, 0.4) is 0 Å². The van der Waals surface area contributed by atoms with Gasteiger partial charge in [0.15, 0.2) is 0 Å². The van der Waals surface area contributed by atoms with E-state index in [2.05, 4.69) is 156 Å². The summed E-state index contributed by atoms with van der Waals surface area (Å²) in [5.41, 5.74) is 11.4. The molecule has 51 heavy (non-hydrogen) atoms.